The molecule has 9 heteroatoms. The monoisotopic (exact) mass is 456 g/mol. The zero-order chi connectivity index (χ0) is 20.9. The smallest absolute Gasteiger partial charge is 0.331 e. The van der Waals surface area contributed by atoms with Crippen LogP contribution in [0.25, 0.3) is 10.2 Å². The number of carboxylic acid groups (broad SMARTS) is 1. The van der Waals surface area contributed by atoms with Crippen LogP contribution in [0.3, 0.4) is 0 Å². The van der Waals surface area contributed by atoms with E-state index in [-0.39, 0.29) is 6.61 Å². The van der Waals surface area contributed by atoms with Crippen molar-refractivity contribution in [2.75, 3.05) is 5.75 Å². The van der Waals surface area contributed by atoms with Crippen LogP contribution in [0.4, 0.5) is 0 Å². The van der Waals surface area contributed by atoms with E-state index in [1.807, 2.05) is 48.5 Å². The molecule has 1 atom stereocenters. The van der Waals surface area contributed by atoms with Gasteiger partial charge in [0.2, 0.25) is 0 Å². The van der Waals surface area contributed by atoms with E-state index in [1.165, 1.54) is 40.9 Å². The van der Waals surface area contributed by atoms with Gasteiger partial charge in [0.25, 0.3) is 0 Å². The molecule has 2 heterocycles. The van der Waals surface area contributed by atoms with Gasteiger partial charge >= 0.3 is 11.9 Å². The number of ether oxygens (including phenoxy) is 1. The van der Waals surface area contributed by atoms with Crippen LogP contribution in [0.15, 0.2) is 69.9 Å². The molecule has 0 saturated heterocycles. The molecule has 0 bridgehead atoms. The van der Waals surface area contributed by atoms with Crippen molar-refractivity contribution in [3.63, 3.8) is 0 Å². The molecular formula is C21H16N2O4S3. The number of nitrogens with zero attached hydrogens (tertiary/aromatic N) is 2. The first-order chi connectivity index (χ1) is 14.6. The van der Waals surface area contributed by atoms with E-state index < -0.39 is 18.0 Å². The summed E-state index contributed by atoms with van der Waals surface area (Å²) in [5.41, 5.74) is 1.78. The number of hydrogen-bond acceptors (Lipinski definition) is 8. The predicted molar refractivity (Wildman–Crippen MR) is 121 cm³/mol. The van der Waals surface area contributed by atoms with E-state index in [0.717, 1.165) is 25.7 Å². The van der Waals surface area contributed by atoms with Gasteiger partial charge in [-0.2, -0.15) is 0 Å². The van der Waals surface area contributed by atoms with Crippen molar-refractivity contribution >= 4 is 62.1 Å². The Morgan fingerprint density at radius 2 is 2.07 bits per heavy atom. The summed E-state index contributed by atoms with van der Waals surface area (Å²) in [6.07, 6.45) is 1.41. The first kappa shape index (κ1) is 20.6. The highest BCUT2D eigenvalue weighted by molar-refractivity contribution is 8.15. The molecule has 1 aromatic heterocycles. The number of rotatable bonds is 7. The molecule has 0 amide bonds. The van der Waals surface area contributed by atoms with Crippen LogP contribution in [0.2, 0.25) is 0 Å². The van der Waals surface area contributed by atoms with Crippen LogP contribution >= 0.6 is 34.9 Å². The van der Waals surface area contributed by atoms with Crippen LogP contribution < -0.4 is 0 Å². The third-order valence-electron chi connectivity index (χ3n) is 4.11. The predicted octanol–water partition coefficient (Wildman–Crippen LogP) is 4.59. The largest absolute Gasteiger partial charge is 0.480 e. The molecule has 0 saturated carbocycles. The number of fused-ring (bicyclic) bond motifs is 1. The average molecular weight is 457 g/mol. The quantitative estimate of drug-likeness (QED) is 0.316. The van der Waals surface area contributed by atoms with Crippen LogP contribution in [-0.2, 0) is 20.9 Å². The van der Waals surface area contributed by atoms with Crippen LogP contribution in [0.5, 0.6) is 0 Å². The summed E-state index contributed by atoms with van der Waals surface area (Å²) < 4.78 is 6.20. The van der Waals surface area contributed by atoms with Gasteiger partial charge in [-0.25, -0.2) is 14.6 Å². The zero-order valence-corrected chi connectivity index (χ0v) is 18.0. The van der Waals surface area contributed by atoms with E-state index in [1.54, 1.807) is 5.41 Å². The lowest BCUT2D eigenvalue weighted by atomic mass is 10.2. The van der Waals surface area contributed by atoms with Crippen molar-refractivity contribution < 1.29 is 19.4 Å². The van der Waals surface area contributed by atoms with E-state index in [0.29, 0.717) is 10.8 Å². The lowest BCUT2D eigenvalue weighted by Gasteiger charge is -2.01. The standard InChI is InChI=1S/C21H16N2O4S3/c24-18(27-11-13-4-2-1-3-5-13)8-9-28-14-6-7-15-17(10-14)30-20(22-15)19-23-16(12-29-19)21(25)26/h1-10,16H,11-12H2,(H,25,26). The molecule has 1 N–H and O–H groups in total. The summed E-state index contributed by atoms with van der Waals surface area (Å²) in [5, 5.41) is 12.2. The molecular weight excluding hydrogens is 440 g/mol. The van der Waals surface area contributed by atoms with Crippen molar-refractivity contribution in [3.05, 3.63) is 70.6 Å². The number of carbonyl (C=O) groups is 2. The minimum absolute atomic E-state index is 0.245. The molecule has 1 unspecified atom stereocenters. The number of aromatic nitrogens is 1. The normalized spacial score (nSPS) is 16.1. The fourth-order valence-corrected chi connectivity index (χ4v) is 5.48. The topological polar surface area (TPSA) is 88.9 Å². The van der Waals surface area contributed by atoms with Gasteiger partial charge in [-0.1, -0.05) is 42.1 Å². The van der Waals surface area contributed by atoms with Crippen molar-refractivity contribution in [2.45, 2.75) is 17.5 Å². The van der Waals surface area contributed by atoms with Crippen LogP contribution in [-0.4, -0.2) is 38.9 Å². The Hall–Kier alpha value is -2.62. The minimum atomic E-state index is -0.911. The molecule has 3 aromatic rings. The molecule has 0 aliphatic carbocycles. The van der Waals surface area contributed by atoms with E-state index in [2.05, 4.69) is 9.98 Å². The Bertz CT molecular complexity index is 1140. The zero-order valence-electron chi connectivity index (χ0n) is 15.6. The van der Waals surface area contributed by atoms with E-state index >= 15 is 0 Å². The number of thioether (sulfide) groups is 2. The highest BCUT2D eigenvalue weighted by Gasteiger charge is 2.26. The Kier molecular flexibility index (Phi) is 6.51. The molecule has 0 spiro atoms. The summed E-state index contributed by atoms with van der Waals surface area (Å²) in [5.74, 6) is -0.865. The minimum Gasteiger partial charge on any atom is -0.480 e. The maximum absolute atomic E-state index is 11.9. The Balaban J connectivity index is 1.37. The van der Waals surface area contributed by atoms with Gasteiger partial charge in [-0.05, 0) is 29.2 Å². The van der Waals surface area contributed by atoms with Gasteiger partial charge in [-0.3, -0.25) is 4.99 Å². The lowest BCUT2D eigenvalue weighted by molar-refractivity contribution is -0.139. The number of benzene rings is 2. The maximum atomic E-state index is 11.9. The van der Waals surface area contributed by atoms with Gasteiger partial charge in [0.05, 0.1) is 10.2 Å². The molecule has 0 radical (unpaired) electrons. The van der Waals surface area contributed by atoms with Crippen LogP contribution in [0, 0.1) is 0 Å². The van der Waals surface area contributed by atoms with Gasteiger partial charge in [0.1, 0.15) is 16.7 Å². The molecule has 4 rings (SSSR count). The highest BCUT2D eigenvalue weighted by atomic mass is 32.2. The second-order valence-electron chi connectivity index (χ2n) is 6.26. The summed E-state index contributed by atoms with van der Waals surface area (Å²) in [7, 11) is 0. The fourth-order valence-electron chi connectivity index (χ4n) is 2.63. The average Bonchev–Trinajstić information content (AvgIpc) is 3.40. The number of aliphatic carboxylic acids is 1. The third-order valence-corrected chi connectivity index (χ3v) is 7.12. The van der Waals surface area contributed by atoms with Gasteiger partial charge < -0.3 is 9.84 Å². The summed E-state index contributed by atoms with van der Waals surface area (Å²) in [6.45, 7) is 0.245. The lowest BCUT2D eigenvalue weighted by Crippen LogP contribution is -2.17. The molecule has 152 valence electrons. The van der Waals surface area contributed by atoms with E-state index in [9.17, 15) is 9.59 Å². The van der Waals surface area contributed by atoms with Crippen molar-refractivity contribution in [3.8, 4) is 0 Å². The third kappa shape index (κ3) is 5.10. The van der Waals surface area contributed by atoms with Crippen molar-refractivity contribution in [1.29, 1.82) is 0 Å². The highest BCUT2D eigenvalue weighted by Crippen LogP contribution is 2.32. The number of aliphatic imine (C=N–C) groups is 1. The second-order valence-corrected chi connectivity index (χ2v) is 9.28. The summed E-state index contributed by atoms with van der Waals surface area (Å²) in [4.78, 5) is 32.7. The number of esters is 1. The fraction of sp³-hybridized carbons (Fsp3) is 0.143. The SMILES string of the molecule is O=C(C=CSc1ccc2nc(C3=NC(C(=O)O)CS3)sc2c1)OCc1ccccc1. The number of hydrogen-bond donors (Lipinski definition) is 1. The van der Waals surface area contributed by atoms with Crippen molar-refractivity contribution in [2.24, 2.45) is 4.99 Å². The molecule has 1 aliphatic rings. The van der Waals surface area contributed by atoms with Crippen molar-refractivity contribution in [1.82, 2.24) is 4.98 Å². The molecule has 2 aromatic carbocycles. The number of carboxylic acids is 1. The molecule has 1 aliphatic heterocycles. The molecule has 6 nitrogen and oxygen atoms in total. The van der Waals surface area contributed by atoms with Gasteiger partial charge in [0.15, 0.2) is 6.04 Å². The first-order valence-electron chi connectivity index (χ1n) is 8.97. The second kappa shape index (κ2) is 9.46. The van der Waals surface area contributed by atoms with Gasteiger partial charge in [0, 0.05) is 16.7 Å². The van der Waals surface area contributed by atoms with E-state index in [4.69, 9.17) is 9.84 Å². The molecule has 30 heavy (non-hydrogen) atoms. The first-order valence-corrected chi connectivity index (χ1v) is 11.6. The summed E-state index contributed by atoms with van der Waals surface area (Å²) in [6, 6.07) is 14.7. The molecule has 0 fully saturated rings. The van der Waals surface area contributed by atoms with Gasteiger partial charge in [-0.15, -0.1) is 23.1 Å². The number of carbonyl (C=O) groups excluding carboxylic acids is 1. The van der Waals surface area contributed by atoms with Crippen LogP contribution in [0.1, 0.15) is 10.6 Å². The maximum Gasteiger partial charge on any atom is 0.331 e. The Morgan fingerprint density at radius 3 is 2.83 bits per heavy atom. The Labute approximate surface area is 185 Å². The number of thiazole rings is 1. The Morgan fingerprint density at radius 1 is 1.23 bits per heavy atom. The summed E-state index contributed by atoms with van der Waals surface area (Å²) >= 11 is 4.32.